The molecule has 11 heteroatoms. The fraction of sp³-hybridized carbons (Fsp3) is 0.353. The predicted molar refractivity (Wildman–Crippen MR) is 88.9 cm³/mol. The summed E-state index contributed by atoms with van der Waals surface area (Å²) in [5, 5.41) is 8.29. The van der Waals surface area contributed by atoms with Gasteiger partial charge in [0.25, 0.3) is 12.3 Å². The van der Waals surface area contributed by atoms with Gasteiger partial charge in [-0.2, -0.15) is 0 Å². The topological polar surface area (TPSA) is 87.5 Å². The lowest BCUT2D eigenvalue weighted by molar-refractivity contribution is 0.0749. The highest BCUT2D eigenvalue weighted by Gasteiger charge is 2.31. The Morgan fingerprint density at radius 1 is 1.25 bits per heavy atom. The monoisotopic (exact) mass is 400 g/mol. The van der Waals surface area contributed by atoms with Gasteiger partial charge in [0.15, 0.2) is 11.6 Å². The molecular formula is C17H16F4N4O3. The number of alkyl halides is 2. The molecule has 7 nitrogen and oxygen atoms in total. The maximum Gasteiger partial charge on any atom is 0.322 e. The van der Waals surface area contributed by atoms with Gasteiger partial charge in [-0.1, -0.05) is 5.16 Å². The molecule has 0 radical (unpaired) electrons. The van der Waals surface area contributed by atoms with Crippen molar-refractivity contribution >= 4 is 17.6 Å². The number of nitrogens with zero attached hydrogens (tertiary/aromatic N) is 2. The highest BCUT2D eigenvalue weighted by Crippen LogP contribution is 2.23. The molecule has 1 atom stereocenters. The van der Waals surface area contributed by atoms with E-state index in [4.69, 9.17) is 4.52 Å². The lowest BCUT2D eigenvalue weighted by atomic mass is 10.1. The van der Waals surface area contributed by atoms with Gasteiger partial charge in [0.2, 0.25) is 5.76 Å². The molecule has 0 saturated carbocycles. The van der Waals surface area contributed by atoms with Gasteiger partial charge in [0.05, 0.1) is 18.3 Å². The van der Waals surface area contributed by atoms with Crippen LogP contribution in [-0.2, 0) is 13.0 Å². The number of amides is 3. The average molecular weight is 400 g/mol. The van der Waals surface area contributed by atoms with Crippen LogP contribution in [-0.4, -0.2) is 41.0 Å². The van der Waals surface area contributed by atoms with E-state index < -0.39 is 36.0 Å². The van der Waals surface area contributed by atoms with Crippen molar-refractivity contribution in [3.8, 4) is 0 Å². The Bertz CT molecular complexity index is 903. The third-order valence-corrected chi connectivity index (χ3v) is 4.24. The van der Waals surface area contributed by atoms with Crippen molar-refractivity contribution in [1.29, 1.82) is 0 Å². The zero-order chi connectivity index (χ0) is 20.4. The molecule has 150 valence electrons. The van der Waals surface area contributed by atoms with Crippen LogP contribution in [0.5, 0.6) is 0 Å². The maximum atomic E-state index is 13.3. The number of carbonyl (C=O) groups is 2. The van der Waals surface area contributed by atoms with E-state index in [0.717, 1.165) is 19.1 Å². The Labute approximate surface area is 156 Å². The van der Waals surface area contributed by atoms with Gasteiger partial charge in [-0.25, -0.2) is 22.4 Å². The number of fused-ring (bicyclic) bond motifs is 1. The summed E-state index contributed by atoms with van der Waals surface area (Å²) in [5.74, 6) is -3.25. The second kappa shape index (κ2) is 7.87. The third kappa shape index (κ3) is 4.07. The van der Waals surface area contributed by atoms with Gasteiger partial charge < -0.3 is 20.1 Å². The third-order valence-electron chi connectivity index (χ3n) is 4.24. The Balaban J connectivity index is 1.71. The number of aromatic nitrogens is 1. The molecule has 0 bridgehead atoms. The molecule has 1 aromatic carbocycles. The van der Waals surface area contributed by atoms with E-state index in [0.29, 0.717) is 11.3 Å². The second-order valence-corrected chi connectivity index (χ2v) is 6.26. The molecule has 3 rings (SSSR count). The molecule has 2 heterocycles. The summed E-state index contributed by atoms with van der Waals surface area (Å²) >= 11 is 0. The van der Waals surface area contributed by atoms with Crippen molar-refractivity contribution in [2.75, 3.05) is 11.9 Å². The van der Waals surface area contributed by atoms with Gasteiger partial charge in [-0.3, -0.25) is 4.79 Å². The molecule has 1 aliphatic heterocycles. The van der Waals surface area contributed by atoms with Gasteiger partial charge in [0, 0.05) is 30.3 Å². The quantitative estimate of drug-likeness (QED) is 0.773. The van der Waals surface area contributed by atoms with Gasteiger partial charge in [-0.05, 0) is 19.1 Å². The molecule has 0 fully saturated rings. The van der Waals surface area contributed by atoms with Gasteiger partial charge in [0.1, 0.15) is 0 Å². The molecule has 2 aromatic rings. The number of benzene rings is 1. The standard InChI is InChI=1S/C17H16F4N4O3/c1-8(15(20)21)22-16(26)14-10-7-25(5-4-13(10)24-28-14)17(27)23-9-2-3-11(18)12(19)6-9/h2-3,6,8,15H,4-5,7H2,1H3,(H,22,26)(H,23,27). The highest BCUT2D eigenvalue weighted by molar-refractivity contribution is 5.94. The predicted octanol–water partition coefficient (Wildman–Crippen LogP) is 2.93. The van der Waals surface area contributed by atoms with Crippen LogP contribution in [0.25, 0.3) is 0 Å². The minimum Gasteiger partial charge on any atom is -0.350 e. The Morgan fingerprint density at radius 3 is 2.68 bits per heavy atom. The molecule has 1 aromatic heterocycles. The van der Waals surface area contributed by atoms with Gasteiger partial charge in [-0.15, -0.1) is 0 Å². The van der Waals surface area contributed by atoms with E-state index in [9.17, 15) is 27.2 Å². The number of urea groups is 1. The molecule has 2 N–H and O–H groups in total. The van der Waals surface area contributed by atoms with Crippen LogP contribution in [0.15, 0.2) is 22.7 Å². The number of hydrogen-bond acceptors (Lipinski definition) is 4. The summed E-state index contributed by atoms with van der Waals surface area (Å²) < 4.78 is 56.5. The first-order valence-electron chi connectivity index (χ1n) is 8.33. The molecule has 0 aliphatic carbocycles. The zero-order valence-electron chi connectivity index (χ0n) is 14.6. The minimum absolute atomic E-state index is 0.0554. The van der Waals surface area contributed by atoms with E-state index >= 15 is 0 Å². The van der Waals surface area contributed by atoms with Gasteiger partial charge >= 0.3 is 6.03 Å². The van der Waals surface area contributed by atoms with E-state index in [1.54, 1.807) is 0 Å². The van der Waals surface area contributed by atoms with Crippen molar-refractivity contribution < 1.29 is 31.7 Å². The SMILES string of the molecule is CC(NC(=O)c1onc2c1CN(C(=O)Nc1ccc(F)c(F)c1)CC2)C(F)F. The zero-order valence-corrected chi connectivity index (χ0v) is 14.6. The minimum atomic E-state index is -2.75. The molecule has 0 spiro atoms. The molecule has 28 heavy (non-hydrogen) atoms. The molecular weight excluding hydrogens is 384 g/mol. The van der Waals surface area contributed by atoms with E-state index in [1.165, 1.54) is 11.0 Å². The largest absolute Gasteiger partial charge is 0.350 e. The Morgan fingerprint density at radius 2 is 2.00 bits per heavy atom. The number of anilines is 1. The number of halogens is 4. The Hall–Kier alpha value is -3.11. The number of hydrogen-bond donors (Lipinski definition) is 2. The summed E-state index contributed by atoms with van der Waals surface area (Å²) in [7, 11) is 0. The lowest BCUT2D eigenvalue weighted by Crippen LogP contribution is -2.41. The number of carbonyl (C=O) groups excluding carboxylic acids is 2. The van der Waals surface area contributed by atoms with Crippen molar-refractivity contribution in [1.82, 2.24) is 15.4 Å². The first kappa shape index (κ1) is 19.6. The summed E-state index contributed by atoms with van der Waals surface area (Å²) in [6.45, 7) is 1.33. The van der Waals surface area contributed by atoms with Crippen LogP contribution in [0, 0.1) is 11.6 Å². The van der Waals surface area contributed by atoms with E-state index in [-0.39, 0.29) is 31.0 Å². The second-order valence-electron chi connectivity index (χ2n) is 6.26. The Kier molecular flexibility index (Phi) is 5.52. The highest BCUT2D eigenvalue weighted by atomic mass is 19.3. The first-order valence-corrected chi connectivity index (χ1v) is 8.33. The fourth-order valence-corrected chi connectivity index (χ4v) is 2.68. The smallest absolute Gasteiger partial charge is 0.322 e. The fourth-order valence-electron chi connectivity index (χ4n) is 2.68. The van der Waals surface area contributed by atoms with E-state index in [2.05, 4.69) is 15.8 Å². The lowest BCUT2D eigenvalue weighted by Gasteiger charge is -2.26. The summed E-state index contributed by atoms with van der Waals surface area (Å²) in [4.78, 5) is 25.9. The number of nitrogens with one attached hydrogen (secondary N) is 2. The summed E-state index contributed by atoms with van der Waals surface area (Å²) in [6, 6.07) is 0.934. The molecule has 1 aliphatic rings. The van der Waals surface area contributed by atoms with Crippen LogP contribution in [0.1, 0.15) is 28.7 Å². The van der Waals surface area contributed by atoms with Crippen molar-refractivity contribution in [3.63, 3.8) is 0 Å². The summed E-state index contributed by atoms with van der Waals surface area (Å²) in [6.07, 6.45) is -2.47. The molecule has 0 saturated heterocycles. The first-order chi connectivity index (χ1) is 13.3. The van der Waals surface area contributed by atoms with Crippen LogP contribution in [0.2, 0.25) is 0 Å². The summed E-state index contributed by atoms with van der Waals surface area (Å²) in [5.41, 5.74) is 0.820. The van der Waals surface area contributed by atoms with E-state index in [1.807, 2.05) is 0 Å². The van der Waals surface area contributed by atoms with Crippen LogP contribution < -0.4 is 10.6 Å². The molecule has 1 unspecified atom stereocenters. The van der Waals surface area contributed by atoms with Crippen molar-refractivity contribution in [2.45, 2.75) is 32.4 Å². The molecule has 3 amide bonds. The average Bonchev–Trinajstić information content (AvgIpc) is 3.07. The number of rotatable bonds is 4. The normalized spacial score (nSPS) is 14.6. The van der Waals surface area contributed by atoms with Crippen molar-refractivity contribution in [2.24, 2.45) is 0 Å². The van der Waals surface area contributed by atoms with Crippen LogP contribution in [0.4, 0.5) is 28.0 Å². The van der Waals surface area contributed by atoms with Crippen LogP contribution >= 0.6 is 0 Å². The van der Waals surface area contributed by atoms with Crippen molar-refractivity contribution in [3.05, 3.63) is 46.9 Å². The maximum absolute atomic E-state index is 13.3. The van der Waals surface area contributed by atoms with Crippen LogP contribution in [0.3, 0.4) is 0 Å².